The molecule has 0 spiro atoms. The van der Waals surface area contributed by atoms with Gasteiger partial charge in [-0.2, -0.15) is 0 Å². The Kier molecular flexibility index (Phi) is 7.20. The van der Waals surface area contributed by atoms with Crippen LogP contribution in [0, 0.1) is 5.92 Å². The second kappa shape index (κ2) is 8.14. The van der Waals surface area contributed by atoms with Gasteiger partial charge < -0.3 is 5.32 Å². The summed E-state index contributed by atoms with van der Waals surface area (Å²) in [5.74, 6) is 0.784. The summed E-state index contributed by atoms with van der Waals surface area (Å²) in [5, 5.41) is 5.11. The van der Waals surface area contributed by atoms with Crippen molar-refractivity contribution in [3.05, 3.63) is 33.8 Å². The lowest BCUT2D eigenvalue weighted by Gasteiger charge is -2.21. The number of nitrogens with one attached hydrogen (secondary N) is 1. The fraction of sp³-hybridized carbons (Fsp3) is 0.625. The molecule has 0 aliphatic carbocycles. The average Bonchev–Trinajstić information content (AvgIpc) is 2.31. The number of rotatable bonds is 7. The molecule has 0 fully saturated rings. The third-order valence-corrected chi connectivity index (χ3v) is 3.96. The molecule has 3 heteroatoms. The highest BCUT2D eigenvalue weighted by atomic mass is 35.5. The first kappa shape index (κ1) is 16.8. The van der Waals surface area contributed by atoms with E-state index in [-0.39, 0.29) is 6.04 Å². The van der Waals surface area contributed by atoms with Gasteiger partial charge in [-0.3, -0.25) is 0 Å². The fourth-order valence-corrected chi connectivity index (χ4v) is 2.74. The molecule has 1 aromatic carbocycles. The van der Waals surface area contributed by atoms with E-state index in [1.54, 1.807) is 0 Å². The van der Waals surface area contributed by atoms with Gasteiger partial charge in [0.05, 0.1) is 0 Å². The van der Waals surface area contributed by atoms with Gasteiger partial charge in [-0.05, 0) is 49.9 Å². The van der Waals surface area contributed by atoms with Crippen molar-refractivity contribution in [2.45, 2.75) is 59.0 Å². The van der Waals surface area contributed by atoms with E-state index in [2.05, 4.69) is 33.0 Å². The van der Waals surface area contributed by atoms with Crippen molar-refractivity contribution in [3.8, 4) is 0 Å². The van der Waals surface area contributed by atoms with E-state index in [9.17, 15) is 0 Å². The summed E-state index contributed by atoms with van der Waals surface area (Å²) in [4.78, 5) is 0. The molecule has 2 unspecified atom stereocenters. The van der Waals surface area contributed by atoms with Crippen molar-refractivity contribution in [2.24, 2.45) is 5.92 Å². The first-order valence-corrected chi connectivity index (χ1v) is 7.86. The van der Waals surface area contributed by atoms with Crippen molar-refractivity contribution >= 4 is 23.2 Å². The molecule has 1 rings (SSSR count). The van der Waals surface area contributed by atoms with Crippen LogP contribution in [0.5, 0.6) is 0 Å². The molecule has 0 aliphatic rings. The average molecular weight is 302 g/mol. The van der Waals surface area contributed by atoms with E-state index in [4.69, 9.17) is 23.2 Å². The van der Waals surface area contributed by atoms with E-state index in [0.717, 1.165) is 21.5 Å². The van der Waals surface area contributed by atoms with Crippen molar-refractivity contribution in [2.75, 3.05) is 0 Å². The first-order valence-electron chi connectivity index (χ1n) is 7.11. The van der Waals surface area contributed by atoms with E-state index in [1.165, 1.54) is 19.3 Å². The molecule has 0 aromatic heterocycles. The van der Waals surface area contributed by atoms with Crippen LogP contribution in [-0.2, 0) is 0 Å². The summed E-state index contributed by atoms with van der Waals surface area (Å²) in [5.41, 5.74) is 1.07. The molecule has 1 aromatic rings. The van der Waals surface area contributed by atoms with Crippen LogP contribution in [0.25, 0.3) is 0 Å². The lowest BCUT2D eigenvalue weighted by atomic mass is 10.0. The van der Waals surface area contributed by atoms with Crippen molar-refractivity contribution in [1.82, 2.24) is 5.32 Å². The highest BCUT2D eigenvalue weighted by Gasteiger charge is 2.13. The molecule has 108 valence electrons. The van der Waals surface area contributed by atoms with Gasteiger partial charge in [-0.15, -0.1) is 0 Å². The Balaban J connectivity index is 2.49. The Morgan fingerprint density at radius 1 is 1.05 bits per heavy atom. The van der Waals surface area contributed by atoms with Gasteiger partial charge in [0.15, 0.2) is 0 Å². The molecule has 0 heterocycles. The van der Waals surface area contributed by atoms with Gasteiger partial charge in [-0.1, -0.05) is 49.9 Å². The van der Waals surface area contributed by atoms with Crippen molar-refractivity contribution in [1.29, 1.82) is 0 Å². The number of hydrogen-bond donors (Lipinski definition) is 1. The molecular weight excluding hydrogens is 277 g/mol. The Bertz CT molecular complexity index is 390. The van der Waals surface area contributed by atoms with Crippen LogP contribution in [0.4, 0.5) is 0 Å². The standard InChI is InChI=1S/C16H25Cl2N/c1-11(2)6-5-7-12(3)19-13(4)15-10-14(17)8-9-16(15)18/h8-13,19H,5-7H2,1-4H3. The summed E-state index contributed by atoms with van der Waals surface area (Å²) < 4.78 is 0. The van der Waals surface area contributed by atoms with Crippen LogP contribution < -0.4 is 5.32 Å². The molecule has 19 heavy (non-hydrogen) atoms. The molecule has 0 saturated carbocycles. The van der Waals surface area contributed by atoms with Gasteiger partial charge >= 0.3 is 0 Å². The zero-order chi connectivity index (χ0) is 14.4. The molecule has 0 saturated heterocycles. The second-order valence-corrected chi connectivity index (χ2v) is 6.62. The van der Waals surface area contributed by atoms with E-state index < -0.39 is 0 Å². The zero-order valence-electron chi connectivity index (χ0n) is 12.3. The maximum Gasteiger partial charge on any atom is 0.0454 e. The maximum absolute atomic E-state index is 6.22. The van der Waals surface area contributed by atoms with Crippen molar-refractivity contribution in [3.63, 3.8) is 0 Å². The number of benzene rings is 1. The Morgan fingerprint density at radius 2 is 1.74 bits per heavy atom. The fourth-order valence-electron chi connectivity index (χ4n) is 2.28. The summed E-state index contributed by atoms with van der Waals surface area (Å²) in [6.07, 6.45) is 3.75. The zero-order valence-corrected chi connectivity index (χ0v) is 13.9. The highest BCUT2D eigenvalue weighted by molar-refractivity contribution is 6.33. The molecule has 1 nitrogen and oxygen atoms in total. The van der Waals surface area contributed by atoms with Gasteiger partial charge in [0.25, 0.3) is 0 Å². The third-order valence-electron chi connectivity index (χ3n) is 3.38. The lowest BCUT2D eigenvalue weighted by Crippen LogP contribution is -2.29. The van der Waals surface area contributed by atoms with E-state index in [1.807, 2.05) is 18.2 Å². The molecule has 0 radical (unpaired) electrons. The van der Waals surface area contributed by atoms with Gasteiger partial charge in [0.1, 0.15) is 0 Å². The molecule has 2 atom stereocenters. The molecule has 0 bridgehead atoms. The Labute approximate surface area is 127 Å². The SMILES string of the molecule is CC(C)CCCC(C)NC(C)c1cc(Cl)ccc1Cl. The van der Waals surface area contributed by atoms with Crippen LogP contribution in [0.2, 0.25) is 10.0 Å². The molecule has 1 N–H and O–H groups in total. The Morgan fingerprint density at radius 3 is 2.37 bits per heavy atom. The lowest BCUT2D eigenvalue weighted by molar-refractivity contribution is 0.424. The predicted molar refractivity (Wildman–Crippen MR) is 86.2 cm³/mol. The normalized spacial score (nSPS) is 14.7. The second-order valence-electron chi connectivity index (χ2n) is 5.78. The van der Waals surface area contributed by atoms with E-state index in [0.29, 0.717) is 6.04 Å². The summed E-state index contributed by atoms with van der Waals surface area (Å²) >= 11 is 12.3. The van der Waals surface area contributed by atoms with E-state index >= 15 is 0 Å². The quantitative estimate of drug-likeness (QED) is 0.665. The Hall–Kier alpha value is -0.240. The minimum atomic E-state index is 0.222. The van der Waals surface area contributed by atoms with Crippen LogP contribution in [0.3, 0.4) is 0 Å². The largest absolute Gasteiger partial charge is 0.308 e. The first-order chi connectivity index (χ1) is 8.90. The third kappa shape index (κ3) is 6.16. The number of hydrogen-bond acceptors (Lipinski definition) is 1. The molecule has 0 amide bonds. The van der Waals surface area contributed by atoms with Crippen LogP contribution >= 0.6 is 23.2 Å². The van der Waals surface area contributed by atoms with Crippen LogP contribution in [-0.4, -0.2) is 6.04 Å². The minimum Gasteiger partial charge on any atom is -0.308 e. The maximum atomic E-state index is 6.22. The van der Waals surface area contributed by atoms with Crippen molar-refractivity contribution < 1.29 is 0 Å². The van der Waals surface area contributed by atoms with Crippen LogP contribution in [0.15, 0.2) is 18.2 Å². The molecular formula is C16H25Cl2N. The topological polar surface area (TPSA) is 12.0 Å². The number of halogens is 2. The smallest absolute Gasteiger partial charge is 0.0454 e. The van der Waals surface area contributed by atoms with Gasteiger partial charge in [0.2, 0.25) is 0 Å². The predicted octanol–water partition coefficient (Wildman–Crippen LogP) is 5.86. The van der Waals surface area contributed by atoms with Gasteiger partial charge in [0, 0.05) is 22.1 Å². The minimum absolute atomic E-state index is 0.222. The summed E-state index contributed by atoms with van der Waals surface area (Å²) in [6, 6.07) is 6.35. The summed E-state index contributed by atoms with van der Waals surface area (Å²) in [6.45, 7) is 8.91. The monoisotopic (exact) mass is 301 g/mol. The summed E-state index contributed by atoms with van der Waals surface area (Å²) in [7, 11) is 0. The van der Waals surface area contributed by atoms with Gasteiger partial charge in [-0.25, -0.2) is 0 Å². The molecule has 0 aliphatic heterocycles. The van der Waals surface area contributed by atoms with Crippen LogP contribution in [0.1, 0.15) is 58.6 Å². The highest BCUT2D eigenvalue weighted by Crippen LogP contribution is 2.26.